The van der Waals surface area contributed by atoms with Gasteiger partial charge in [0.2, 0.25) is 11.8 Å². The zero-order chi connectivity index (χ0) is 29.1. The molecule has 10 heteroatoms. The van der Waals surface area contributed by atoms with Gasteiger partial charge >= 0.3 is 0 Å². The number of ether oxygens (including phenoxy) is 1. The van der Waals surface area contributed by atoms with E-state index in [0.717, 1.165) is 59.1 Å². The molecule has 0 radical (unpaired) electrons. The van der Waals surface area contributed by atoms with Crippen molar-refractivity contribution in [3.05, 3.63) is 83.1 Å². The fourth-order valence-corrected chi connectivity index (χ4v) is 6.20. The van der Waals surface area contributed by atoms with E-state index in [9.17, 15) is 9.59 Å². The molecule has 3 aromatic heterocycles. The zero-order valence-electron chi connectivity index (χ0n) is 24.3. The predicted octanol–water partition coefficient (Wildman–Crippen LogP) is 3.66. The lowest BCUT2D eigenvalue weighted by atomic mass is 9.94. The van der Waals surface area contributed by atoms with Gasteiger partial charge in [0.15, 0.2) is 0 Å². The number of nitrogens with zero attached hydrogens (tertiary/aromatic N) is 5. The maximum absolute atomic E-state index is 13.5. The summed E-state index contributed by atoms with van der Waals surface area (Å²) in [7, 11) is 0. The summed E-state index contributed by atoms with van der Waals surface area (Å²) in [6.45, 7) is 7.04. The number of carbonyl (C=O) groups is 2. The van der Waals surface area contributed by atoms with Gasteiger partial charge < -0.3 is 23.9 Å². The Morgan fingerprint density at radius 1 is 1.12 bits per heavy atom. The Morgan fingerprint density at radius 3 is 2.88 bits per heavy atom. The summed E-state index contributed by atoms with van der Waals surface area (Å²) in [4.78, 5) is 35.5. The first kappa shape index (κ1) is 28.0. The molecule has 2 amide bonds. The molecule has 1 aromatic carbocycles. The molecular weight excluding hydrogens is 532 g/mol. The average Bonchev–Trinajstić information content (AvgIpc) is 3.68. The minimum atomic E-state index is -0.198. The Morgan fingerprint density at radius 2 is 2.02 bits per heavy atom. The number of pyridine rings is 1. The number of aromatic nitrogens is 3. The SMILES string of the molecule is Cc1noc(C)c1CCC(=O)N1C[C@@H]2NC(=O)CN(Cc3cnc4ccccn34)CCCCOc3cccc(c3)[C@H]2C1. The quantitative estimate of drug-likeness (QED) is 0.391. The molecular formula is C32H38N6O4. The lowest BCUT2D eigenvalue weighted by Gasteiger charge is -2.25. The Hall–Kier alpha value is -4.18. The van der Waals surface area contributed by atoms with Crippen molar-refractivity contribution in [3.63, 3.8) is 0 Å². The molecule has 1 fully saturated rings. The van der Waals surface area contributed by atoms with Crippen LogP contribution >= 0.6 is 0 Å². The summed E-state index contributed by atoms with van der Waals surface area (Å²) in [5, 5.41) is 7.32. The fraction of sp³-hybridized carbons (Fsp3) is 0.438. The summed E-state index contributed by atoms with van der Waals surface area (Å²) in [5.41, 5.74) is 4.82. The van der Waals surface area contributed by atoms with Gasteiger partial charge in [-0.05, 0) is 69.5 Å². The van der Waals surface area contributed by atoms with Crippen molar-refractivity contribution in [1.82, 2.24) is 29.7 Å². The molecule has 4 aromatic rings. The highest BCUT2D eigenvalue weighted by Crippen LogP contribution is 2.31. The van der Waals surface area contributed by atoms with Crippen LogP contribution in [0.3, 0.4) is 0 Å². The van der Waals surface area contributed by atoms with Crippen LogP contribution in [-0.4, -0.2) is 75.0 Å². The highest BCUT2D eigenvalue weighted by molar-refractivity contribution is 5.80. The Kier molecular flexibility index (Phi) is 8.23. The van der Waals surface area contributed by atoms with Crippen LogP contribution in [0.1, 0.15) is 53.5 Å². The van der Waals surface area contributed by atoms with E-state index >= 15 is 0 Å². The number of rotatable bonds is 5. The molecule has 0 unspecified atom stereocenters. The summed E-state index contributed by atoms with van der Waals surface area (Å²) < 4.78 is 13.5. The number of hydrogen-bond donors (Lipinski definition) is 1. The molecule has 2 aliphatic heterocycles. The molecule has 0 saturated carbocycles. The average molecular weight is 571 g/mol. The minimum absolute atomic E-state index is 0.0318. The standard InChI is InChI=1S/C32H38N6O4/c1-22-27(23(2)42-35-22)11-12-32(40)37-19-28-24-8-7-9-26(16-24)41-15-6-5-13-36(21-31(39)34-29(28)20-37)18-25-17-33-30-10-3-4-14-38(25)30/h3-4,7-10,14,16-17,28-29H,5-6,11-13,15,18-21H2,1-2H3,(H,34,39)/t28-,29+/m1/s1. The third-order valence-electron chi connectivity index (χ3n) is 8.46. The van der Waals surface area contributed by atoms with Crippen LogP contribution in [0.2, 0.25) is 0 Å². The van der Waals surface area contributed by atoms with Crippen LogP contribution in [0.4, 0.5) is 0 Å². The highest BCUT2D eigenvalue weighted by Gasteiger charge is 2.37. The second-order valence-electron chi connectivity index (χ2n) is 11.4. The van der Waals surface area contributed by atoms with Crippen LogP contribution < -0.4 is 10.1 Å². The second kappa shape index (κ2) is 12.4. The topological polar surface area (TPSA) is 105 Å². The lowest BCUT2D eigenvalue weighted by Crippen LogP contribution is -2.45. The van der Waals surface area contributed by atoms with Gasteiger partial charge in [-0.25, -0.2) is 4.98 Å². The zero-order valence-corrected chi connectivity index (χ0v) is 24.3. The van der Waals surface area contributed by atoms with Crippen LogP contribution in [0.5, 0.6) is 5.75 Å². The number of imidazole rings is 1. The van der Waals surface area contributed by atoms with Gasteiger partial charge in [-0.15, -0.1) is 0 Å². The van der Waals surface area contributed by atoms with Crippen LogP contribution in [0.25, 0.3) is 5.65 Å². The van der Waals surface area contributed by atoms with Crippen LogP contribution in [0, 0.1) is 13.8 Å². The minimum Gasteiger partial charge on any atom is -0.494 e. The van der Waals surface area contributed by atoms with Gasteiger partial charge in [-0.1, -0.05) is 23.4 Å². The van der Waals surface area contributed by atoms with Gasteiger partial charge in [0.05, 0.1) is 36.8 Å². The van der Waals surface area contributed by atoms with E-state index in [0.29, 0.717) is 39.1 Å². The first-order valence-electron chi connectivity index (χ1n) is 14.8. The Balaban J connectivity index is 1.19. The van der Waals surface area contributed by atoms with Crippen molar-refractivity contribution in [1.29, 1.82) is 0 Å². The number of hydrogen-bond acceptors (Lipinski definition) is 7. The maximum Gasteiger partial charge on any atom is 0.234 e. The predicted molar refractivity (Wildman–Crippen MR) is 157 cm³/mol. The third kappa shape index (κ3) is 6.18. The summed E-state index contributed by atoms with van der Waals surface area (Å²) >= 11 is 0. The molecule has 6 rings (SSSR count). The second-order valence-corrected chi connectivity index (χ2v) is 11.4. The van der Waals surface area contributed by atoms with E-state index < -0.39 is 0 Å². The van der Waals surface area contributed by atoms with Gasteiger partial charge in [-0.3, -0.25) is 14.5 Å². The van der Waals surface area contributed by atoms with Crippen molar-refractivity contribution in [3.8, 4) is 5.75 Å². The van der Waals surface area contributed by atoms with E-state index in [-0.39, 0.29) is 30.3 Å². The molecule has 2 atom stereocenters. The van der Waals surface area contributed by atoms with Gasteiger partial charge in [0, 0.05) is 43.7 Å². The summed E-state index contributed by atoms with van der Waals surface area (Å²) in [6.07, 6.45) is 6.63. The maximum atomic E-state index is 13.5. The molecule has 2 aliphatic rings. The molecule has 0 aliphatic carbocycles. The van der Waals surface area contributed by atoms with E-state index in [1.165, 1.54) is 0 Å². The third-order valence-corrected chi connectivity index (χ3v) is 8.46. The molecule has 0 spiro atoms. The molecule has 42 heavy (non-hydrogen) atoms. The molecule has 10 nitrogen and oxygen atoms in total. The van der Waals surface area contributed by atoms with E-state index in [1.54, 1.807) is 0 Å². The van der Waals surface area contributed by atoms with E-state index in [1.807, 2.05) is 61.5 Å². The number of aryl methyl sites for hydroxylation is 2. The molecule has 220 valence electrons. The van der Waals surface area contributed by atoms with Crippen molar-refractivity contribution < 1.29 is 18.8 Å². The fourth-order valence-electron chi connectivity index (χ4n) is 6.20. The molecule has 1 saturated heterocycles. The number of nitrogens with one attached hydrogen (secondary N) is 1. The number of likely N-dealkylation sites (tertiary alicyclic amines) is 1. The first-order valence-corrected chi connectivity index (χ1v) is 14.8. The smallest absolute Gasteiger partial charge is 0.234 e. The summed E-state index contributed by atoms with van der Waals surface area (Å²) in [5.74, 6) is 1.58. The number of carbonyl (C=O) groups excluding carboxylic acids is 2. The van der Waals surface area contributed by atoms with E-state index in [4.69, 9.17) is 9.26 Å². The molecule has 2 bridgehead atoms. The van der Waals surface area contributed by atoms with Crippen molar-refractivity contribution >= 4 is 17.5 Å². The van der Waals surface area contributed by atoms with Crippen LogP contribution in [0.15, 0.2) is 59.4 Å². The molecule has 1 N–H and O–H groups in total. The van der Waals surface area contributed by atoms with E-state index in [2.05, 4.69) is 36.9 Å². The number of fused-ring (bicyclic) bond motifs is 5. The Labute approximate surface area is 245 Å². The van der Waals surface area contributed by atoms with Gasteiger partial charge in [-0.2, -0.15) is 0 Å². The summed E-state index contributed by atoms with van der Waals surface area (Å²) in [6, 6.07) is 13.8. The highest BCUT2D eigenvalue weighted by atomic mass is 16.5. The number of benzene rings is 1. The van der Waals surface area contributed by atoms with Crippen molar-refractivity contribution in [2.75, 3.05) is 32.8 Å². The first-order chi connectivity index (χ1) is 20.4. The molecule has 5 heterocycles. The van der Waals surface area contributed by atoms with Gasteiger partial charge in [0.25, 0.3) is 0 Å². The number of amides is 2. The Bertz CT molecular complexity index is 1540. The largest absolute Gasteiger partial charge is 0.494 e. The van der Waals surface area contributed by atoms with Crippen LogP contribution in [-0.2, 0) is 22.6 Å². The van der Waals surface area contributed by atoms with Gasteiger partial charge in [0.1, 0.15) is 17.2 Å². The lowest BCUT2D eigenvalue weighted by molar-refractivity contribution is -0.130. The van der Waals surface area contributed by atoms with Crippen molar-refractivity contribution in [2.24, 2.45) is 0 Å². The van der Waals surface area contributed by atoms with Crippen molar-refractivity contribution in [2.45, 2.75) is 58.0 Å². The monoisotopic (exact) mass is 570 g/mol. The normalized spacial score (nSPS) is 20.1.